The van der Waals surface area contributed by atoms with Gasteiger partial charge in [0.25, 0.3) is 0 Å². The van der Waals surface area contributed by atoms with Gasteiger partial charge in [0.05, 0.1) is 0 Å². The van der Waals surface area contributed by atoms with E-state index in [9.17, 15) is 0 Å². The van der Waals surface area contributed by atoms with E-state index in [0.717, 1.165) is 18.8 Å². The lowest BCUT2D eigenvalue weighted by Gasteiger charge is -2.31. The van der Waals surface area contributed by atoms with E-state index < -0.39 is 0 Å². The van der Waals surface area contributed by atoms with Crippen molar-refractivity contribution >= 4 is 0 Å². The Morgan fingerprint density at radius 2 is 1.64 bits per heavy atom. The van der Waals surface area contributed by atoms with E-state index in [-0.39, 0.29) is 5.54 Å². The van der Waals surface area contributed by atoms with Crippen molar-refractivity contribution in [3.63, 3.8) is 0 Å². The summed E-state index contributed by atoms with van der Waals surface area (Å²) in [7, 11) is 0. The summed E-state index contributed by atoms with van der Waals surface area (Å²) in [6.45, 7) is 9.00. The molecule has 0 aliphatic carbocycles. The number of nitrogens with two attached hydrogens (primary N) is 1. The Morgan fingerprint density at radius 1 is 1.07 bits per heavy atom. The van der Waals surface area contributed by atoms with Crippen LogP contribution in [0.3, 0.4) is 0 Å². The minimum atomic E-state index is 0.106. The van der Waals surface area contributed by atoms with Crippen molar-refractivity contribution in [2.24, 2.45) is 11.7 Å². The second-order valence-corrected chi connectivity index (χ2v) is 4.69. The Morgan fingerprint density at radius 3 is 2.00 bits per heavy atom. The van der Waals surface area contributed by atoms with Crippen LogP contribution in [0.5, 0.6) is 0 Å². The van der Waals surface area contributed by atoms with Gasteiger partial charge in [0.2, 0.25) is 0 Å². The summed E-state index contributed by atoms with van der Waals surface area (Å²) >= 11 is 0. The molecule has 0 rings (SSSR count). The molecule has 0 saturated carbocycles. The maximum atomic E-state index is 6.34. The maximum absolute atomic E-state index is 6.34. The van der Waals surface area contributed by atoms with Crippen molar-refractivity contribution in [1.82, 2.24) is 0 Å². The molecular weight excluding hydrogens is 170 g/mol. The normalized spacial score (nSPS) is 14.4. The second-order valence-electron chi connectivity index (χ2n) is 4.69. The fraction of sp³-hybridized carbons (Fsp3) is 1.00. The van der Waals surface area contributed by atoms with Gasteiger partial charge < -0.3 is 5.73 Å². The molecule has 0 aromatic heterocycles. The molecule has 1 nitrogen and oxygen atoms in total. The van der Waals surface area contributed by atoms with Gasteiger partial charge in [-0.3, -0.25) is 0 Å². The molecule has 0 aromatic rings. The minimum Gasteiger partial charge on any atom is -0.325 e. The molecule has 0 saturated heterocycles. The van der Waals surface area contributed by atoms with Gasteiger partial charge in [0, 0.05) is 5.54 Å². The molecule has 2 N–H and O–H groups in total. The highest BCUT2D eigenvalue weighted by Crippen LogP contribution is 2.26. The molecule has 1 heteroatoms. The SMILES string of the molecule is CCCCC(CC)CC(N)(CC)CC. The van der Waals surface area contributed by atoms with Crippen LogP contribution in [-0.4, -0.2) is 5.54 Å². The van der Waals surface area contributed by atoms with Crippen LogP contribution in [0.4, 0.5) is 0 Å². The van der Waals surface area contributed by atoms with E-state index >= 15 is 0 Å². The number of rotatable bonds is 8. The summed E-state index contributed by atoms with van der Waals surface area (Å²) in [5, 5.41) is 0. The third-order valence-electron chi connectivity index (χ3n) is 3.65. The van der Waals surface area contributed by atoms with Gasteiger partial charge >= 0.3 is 0 Å². The van der Waals surface area contributed by atoms with E-state index in [0.29, 0.717) is 0 Å². The Kier molecular flexibility index (Phi) is 7.26. The first kappa shape index (κ1) is 14.0. The molecule has 0 aromatic carbocycles. The van der Waals surface area contributed by atoms with Gasteiger partial charge in [-0.2, -0.15) is 0 Å². The zero-order valence-electron chi connectivity index (χ0n) is 10.6. The summed E-state index contributed by atoms with van der Waals surface area (Å²) in [6.07, 6.45) is 8.79. The fourth-order valence-electron chi connectivity index (χ4n) is 2.06. The summed E-state index contributed by atoms with van der Waals surface area (Å²) in [5.41, 5.74) is 6.45. The quantitative estimate of drug-likeness (QED) is 0.625. The lowest BCUT2D eigenvalue weighted by atomic mass is 9.81. The van der Waals surface area contributed by atoms with E-state index in [1.807, 2.05) is 0 Å². The molecule has 0 aliphatic rings. The first-order valence-electron chi connectivity index (χ1n) is 6.40. The highest BCUT2D eigenvalue weighted by Gasteiger charge is 2.23. The summed E-state index contributed by atoms with van der Waals surface area (Å²) in [5.74, 6) is 0.847. The van der Waals surface area contributed by atoms with Crippen LogP contribution in [0.1, 0.15) is 72.6 Å². The topological polar surface area (TPSA) is 26.0 Å². The van der Waals surface area contributed by atoms with E-state index in [1.54, 1.807) is 0 Å². The smallest absolute Gasteiger partial charge is 0.0151 e. The lowest BCUT2D eigenvalue weighted by Crippen LogP contribution is -2.40. The van der Waals surface area contributed by atoms with E-state index in [1.165, 1.54) is 32.1 Å². The van der Waals surface area contributed by atoms with Crippen molar-refractivity contribution in [1.29, 1.82) is 0 Å². The van der Waals surface area contributed by atoms with Crippen LogP contribution in [0.15, 0.2) is 0 Å². The van der Waals surface area contributed by atoms with Gasteiger partial charge in [-0.05, 0) is 25.2 Å². The Bertz CT molecular complexity index is 127. The van der Waals surface area contributed by atoms with Gasteiger partial charge in [0.1, 0.15) is 0 Å². The molecule has 0 fully saturated rings. The second kappa shape index (κ2) is 7.28. The first-order valence-corrected chi connectivity index (χ1v) is 6.40. The third kappa shape index (κ3) is 4.99. The summed E-state index contributed by atoms with van der Waals surface area (Å²) < 4.78 is 0. The maximum Gasteiger partial charge on any atom is 0.0151 e. The van der Waals surface area contributed by atoms with Gasteiger partial charge in [-0.1, -0.05) is 53.4 Å². The van der Waals surface area contributed by atoms with Crippen LogP contribution >= 0.6 is 0 Å². The molecule has 0 heterocycles. The highest BCUT2D eigenvalue weighted by molar-refractivity contribution is 4.83. The number of unbranched alkanes of at least 4 members (excludes halogenated alkanes) is 1. The lowest BCUT2D eigenvalue weighted by molar-refractivity contribution is 0.277. The van der Waals surface area contributed by atoms with Gasteiger partial charge in [0.15, 0.2) is 0 Å². The molecular formula is C13H29N. The van der Waals surface area contributed by atoms with Crippen LogP contribution < -0.4 is 5.73 Å². The van der Waals surface area contributed by atoms with Crippen LogP contribution in [0.2, 0.25) is 0 Å². The molecule has 1 atom stereocenters. The molecule has 86 valence electrons. The van der Waals surface area contributed by atoms with Crippen molar-refractivity contribution in [3.8, 4) is 0 Å². The van der Waals surface area contributed by atoms with Crippen molar-refractivity contribution in [3.05, 3.63) is 0 Å². The molecule has 0 radical (unpaired) electrons. The Labute approximate surface area is 90.5 Å². The van der Waals surface area contributed by atoms with Crippen LogP contribution in [-0.2, 0) is 0 Å². The first-order chi connectivity index (χ1) is 6.61. The van der Waals surface area contributed by atoms with Crippen molar-refractivity contribution in [2.75, 3.05) is 0 Å². The average Bonchev–Trinajstić information content (AvgIpc) is 2.23. The molecule has 0 amide bonds. The minimum absolute atomic E-state index is 0.106. The molecule has 0 spiro atoms. The summed E-state index contributed by atoms with van der Waals surface area (Å²) in [4.78, 5) is 0. The highest BCUT2D eigenvalue weighted by atomic mass is 14.7. The largest absolute Gasteiger partial charge is 0.325 e. The zero-order valence-corrected chi connectivity index (χ0v) is 10.6. The molecule has 0 aliphatic heterocycles. The molecule has 0 bridgehead atoms. The Hall–Kier alpha value is -0.0400. The van der Waals surface area contributed by atoms with Gasteiger partial charge in [-0.15, -0.1) is 0 Å². The predicted molar refractivity (Wildman–Crippen MR) is 65.4 cm³/mol. The number of hydrogen-bond donors (Lipinski definition) is 1. The van der Waals surface area contributed by atoms with Crippen molar-refractivity contribution < 1.29 is 0 Å². The summed E-state index contributed by atoms with van der Waals surface area (Å²) in [6, 6.07) is 0. The Balaban J connectivity index is 4.00. The molecule has 14 heavy (non-hydrogen) atoms. The average molecular weight is 199 g/mol. The molecule has 1 unspecified atom stereocenters. The number of hydrogen-bond acceptors (Lipinski definition) is 1. The monoisotopic (exact) mass is 199 g/mol. The zero-order chi connectivity index (χ0) is 11.0. The van der Waals surface area contributed by atoms with Gasteiger partial charge in [-0.25, -0.2) is 0 Å². The predicted octanol–water partition coefficient (Wildman–Crippen LogP) is 4.11. The van der Waals surface area contributed by atoms with E-state index in [4.69, 9.17) is 5.73 Å². The fourth-order valence-corrected chi connectivity index (χ4v) is 2.06. The third-order valence-corrected chi connectivity index (χ3v) is 3.65. The van der Waals surface area contributed by atoms with Crippen LogP contribution in [0, 0.1) is 5.92 Å². The van der Waals surface area contributed by atoms with E-state index in [2.05, 4.69) is 27.7 Å². The van der Waals surface area contributed by atoms with Crippen LogP contribution in [0.25, 0.3) is 0 Å². The standard InChI is InChI=1S/C13H29N/c1-5-9-10-12(6-2)11-13(14,7-3)8-4/h12H,5-11,14H2,1-4H3. The van der Waals surface area contributed by atoms with Crippen molar-refractivity contribution in [2.45, 2.75) is 78.2 Å².